The molecule has 3 aromatic heterocycles. The van der Waals surface area contributed by atoms with Gasteiger partial charge in [0.15, 0.2) is 0 Å². The predicted octanol–water partition coefficient (Wildman–Crippen LogP) is 2.60. The number of carbonyl (C=O) groups excluding carboxylic acids is 2. The van der Waals surface area contributed by atoms with E-state index in [1.54, 1.807) is 29.4 Å². The summed E-state index contributed by atoms with van der Waals surface area (Å²) < 4.78 is 5.85. The van der Waals surface area contributed by atoms with E-state index in [2.05, 4.69) is 25.7 Å². The number of hydrogen-bond donors (Lipinski definition) is 1. The smallest absolute Gasteiger partial charge is 0.247 e. The third kappa shape index (κ3) is 5.73. The zero-order valence-corrected chi connectivity index (χ0v) is 20.3. The molecule has 10 nitrogen and oxygen atoms in total. The highest BCUT2D eigenvalue weighted by atomic mass is 32.1. The lowest BCUT2D eigenvalue weighted by Crippen LogP contribution is -2.49. The van der Waals surface area contributed by atoms with Crippen molar-refractivity contribution in [1.82, 2.24) is 35.4 Å². The number of ether oxygens (including phenoxy) is 1. The lowest BCUT2D eigenvalue weighted by molar-refractivity contribution is -0.143. The van der Waals surface area contributed by atoms with Gasteiger partial charge in [0.2, 0.25) is 17.6 Å². The molecule has 184 valence electrons. The molecule has 11 heteroatoms. The molecule has 35 heavy (non-hydrogen) atoms. The van der Waals surface area contributed by atoms with Crippen LogP contribution in [0, 0.1) is 0 Å². The molecule has 0 spiro atoms. The molecule has 1 N–H and O–H groups in total. The minimum Gasteiger partial charge on any atom is -0.376 e. The minimum atomic E-state index is -0.796. The largest absolute Gasteiger partial charge is 0.376 e. The molecule has 2 atom stereocenters. The molecule has 1 aliphatic heterocycles. The third-order valence-electron chi connectivity index (χ3n) is 6.50. The van der Waals surface area contributed by atoms with Gasteiger partial charge >= 0.3 is 0 Å². The molecule has 1 saturated heterocycles. The van der Waals surface area contributed by atoms with Crippen molar-refractivity contribution in [3.05, 3.63) is 47.6 Å². The Bertz CT molecular complexity index is 1110. The van der Waals surface area contributed by atoms with E-state index < -0.39 is 6.04 Å². The van der Waals surface area contributed by atoms with E-state index in [0.717, 1.165) is 43.4 Å². The first-order chi connectivity index (χ1) is 17.2. The van der Waals surface area contributed by atoms with Crippen molar-refractivity contribution < 1.29 is 14.3 Å². The van der Waals surface area contributed by atoms with E-state index in [1.807, 2.05) is 17.5 Å². The van der Waals surface area contributed by atoms with Gasteiger partial charge in [-0.25, -0.2) is 0 Å². The molecular formula is C24H29N7O3S. The van der Waals surface area contributed by atoms with Gasteiger partial charge in [0, 0.05) is 31.6 Å². The van der Waals surface area contributed by atoms with Crippen LogP contribution in [0.15, 0.2) is 42.0 Å². The van der Waals surface area contributed by atoms with E-state index in [0.29, 0.717) is 24.5 Å². The molecule has 5 rings (SSSR count). The lowest BCUT2D eigenvalue weighted by atomic mass is 10.0. The second kappa shape index (κ2) is 11.0. The maximum absolute atomic E-state index is 13.7. The fourth-order valence-corrected chi connectivity index (χ4v) is 5.40. The molecular weight excluding hydrogens is 466 g/mol. The fraction of sp³-hybridized carbons (Fsp3) is 0.500. The first-order valence-corrected chi connectivity index (χ1v) is 13.0. The van der Waals surface area contributed by atoms with E-state index in [-0.39, 0.29) is 30.5 Å². The van der Waals surface area contributed by atoms with Crippen molar-refractivity contribution in [2.45, 2.75) is 63.3 Å². The SMILES string of the molecule is O=C(NC1CCCC1)[C@H](c1ccncc1)N(C[C@@H]1CCCO1)C(=O)Cn1nnc(-c2cccs2)n1. The number of rotatable bonds is 9. The van der Waals surface area contributed by atoms with Crippen LogP contribution in [0.2, 0.25) is 0 Å². The van der Waals surface area contributed by atoms with Crippen molar-refractivity contribution in [1.29, 1.82) is 0 Å². The van der Waals surface area contributed by atoms with Crippen molar-refractivity contribution in [2.24, 2.45) is 0 Å². The van der Waals surface area contributed by atoms with Gasteiger partial charge in [-0.05, 0) is 60.0 Å². The molecule has 0 bridgehead atoms. The van der Waals surface area contributed by atoms with Gasteiger partial charge in [-0.1, -0.05) is 18.9 Å². The number of pyridine rings is 1. The lowest BCUT2D eigenvalue weighted by Gasteiger charge is -2.33. The second-order valence-corrected chi connectivity index (χ2v) is 9.92. The molecule has 4 heterocycles. The second-order valence-electron chi connectivity index (χ2n) is 8.97. The Morgan fingerprint density at radius 3 is 2.71 bits per heavy atom. The van der Waals surface area contributed by atoms with Crippen molar-refractivity contribution in [2.75, 3.05) is 13.2 Å². The van der Waals surface area contributed by atoms with Gasteiger partial charge < -0.3 is 15.0 Å². The molecule has 2 fully saturated rings. The van der Waals surface area contributed by atoms with Gasteiger partial charge in [-0.2, -0.15) is 4.80 Å². The number of nitrogens with one attached hydrogen (secondary N) is 1. The minimum absolute atomic E-state index is 0.118. The van der Waals surface area contributed by atoms with Gasteiger partial charge in [-0.15, -0.1) is 21.5 Å². The molecule has 2 amide bonds. The third-order valence-corrected chi connectivity index (χ3v) is 7.36. The maximum atomic E-state index is 13.7. The summed E-state index contributed by atoms with van der Waals surface area (Å²) in [5.74, 6) is 0.0300. The van der Waals surface area contributed by atoms with E-state index in [1.165, 1.54) is 16.1 Å². The van der Waals surface area contributed by atoms with E-state index in [9.17, 15) is 9.59 Å². The standard InChI is InChI=1S/C24H29N7O3S/c32-21(16-31-28-23(27-29-31)20-8-4-14-35-20)30(15-19-7-3-13-34-19)22(17-9-11-25-12-10-17)24(33)26-18-5-1-2-6-18/h4,8-12,14,18-19,22H,1-3,5-7,13,15-16H2,(H,26,33)/t19-,22-/m0/s1. The van der Waals surface area contributed by atoms with Gasteiger partial charge in [0.1, 0.15) is 12.6 Å². The molecule has 0 unspecified atom stereocenters. The highest BCUT2D eigenvalue weighted by Gasteiger charge is 2.35. The van der Waals surface area contributed by atoms with Crippen LogP contribution in [-0.4, -0.2) is 67.2 Å². The Labute approximate surface area is 207 Å². The zero-order valence-electron chi connectivity index (χ0n) is 19.5. The van der Waals surface area contributed by atoms with Crippen LogP contribution in [0.25, 0.3) is 10.7 Å². The van der Waals surface area contributed by atoms with Crippen LogP contribution in [0.5, 0.6) is 0 Å². The quantitative estimate of drug-likeness (QED) is 0.485. The number of aromatic nitrogens is 5. The van der Waals surface area contributed by atoms with Crippen molar-refractivity contribution >= 4 is 23.2 Å². The fourth-order valence-electron chi connectivity index (χ4n) is 4.75. The first-order valence-electron chi connectivity index (χ1n) is 12.1. The van der Waals surface area contributed by atoms with E-state index in [4.69, 9.17) is 4.74 Å². The normalized spacial score (nSPS) is 19.0. The molecule has 0 radical (unpaired) electrons. The average Bonchev–Trinajstić information content (AvgIpc) is 3.68. The van der Waals surface area contributed by atoms with Gasteiger partial charge in [-0.3, -0.25) is 14.6 Å². The summed E-state index contributed by atoms with van der Waals surface area (Å²) in [6.07, 6.45) is 9.09. The van der Waals surface area contributed by atoms with Crippen molar-refractivity contribution in [3.63, 3.8) is 0 Å². The number of nitrogens with zero attached hydrogens (tertiary/aromatic N) is 6. The molecule has 1 saturated carbocycles. The topological polar surface area (TPSA) is 115 Å². The summed E-state index contributed by atoms with van der Waals surface area (Å²) in [6.45, 7) is 0.857. The summed E-state index contributed by atoms with van der Waals surface area (Å²) in [5.41, 5.74) is 0.715. The van der Waals surface area contributed by atoms with Crippen LogP contribution in [0.1, 0.15) is 50.1 Å². The van der Waals surface area contributed by atoms with Gasteiger partial charge in [0.05, 0.1) is 11.0 Å². The summed E-state index contributed by atoms with van der Waals surface area (Å²) in [4.78, 5) is 35.2. The molecule has 1 aliphatic carbocycles. The Morgan fingerprint density at radius 1 is 1.17 bits per heavy atom. The van der Waals surface area contributed by atoms with Crippen LogP contribution >= 0.6 is 11.3 Å². The summed E-state index contributed by atoms with van der Waals surface area (Å²) >= 11 is 1.51. The molecule has 0 aromatic carbocycles. The highest BCUT2D eigenvalue weighted by molar-refractivity contribution is 7.13. The first kappa shape index (κ1) is 23.6. The average molecular weight is 496 g/mol. The summed E-state index contributed by atoms with van der Waals surface area (Å²) in [7, 11) is 0. The monoisotopic (exact) mass is 495 g/mol. The number of hydrogen-bond acceptors (Lipinski definition) is 8. The van der Waals surface area contributed by atoms with Gasteiger partial charge in [0.25, 0.3) is 0 Å². The Hall–Kier alpha value is -3.18. The Morgan fingerprint density at radius 2 is 2.00 bits per heavy atom. The summed E-state index contributed by atoms with van der Waals surface area (Å²) in [6, 6.07) is 6.74. The van der Waals surface area contributed by atoms with Crippen LogP contribution in [0.4, 0.5) is 0 Å². The number of amides is 2. The number of tetrazole rings is 1. The Kier molecular flexibility index (Phi) is 7.43. The van der Waals surface area contributed by atoms with Crippen LogP contribution in [0.3, 0.4) is 0 Å². The van der Waals surface area contributed by atoms with Crippen LogP contribution < -0.4 is 5.32 Å². The number of thiophene rings is 1. The van der Waals surface area contributed by atoms with E-state index >= 15 is 0 Å². The summed E-state index contributed by atoms with van der Waals surface area (Å²) in [5, 5.41) is 17.7. The zero-order chi connectivity index (χ0) is 24.0. The predicted molar refractivity (Wildman–Crippen MR) is 129 cm³/mol. The van der Waals surface area contributed by atoms with Crippen LogP contribution in [-0.2, 0) is 20.9 Å². The highest BCUT2D eigenvalue weighted by Crippen LogP contribution is 2.26. The molecule has 3 aromatic rings. The Balaban J connectivity index is 1.41. The maximum Gasteiger partial charge on any atom is 0.247 e. The number of carbonyl (C=O) groups is 2. The molecule has 2 aliphatic rings. The van der Waals surface area contributed by atoms with Crippen molar-refractivity contribution in [3.8, 4) is 10.7 Å².